The maximum absolute atomic E-state index is 11.6. The Morgan fingerprint density at radius 1 is 1.27 bits per heavy atom. The second kappa shape index (κ2) is 5.00. The Labute approximate surface area is 94.6 Å². The number of carbonyl (C=O) groups excluding carboxylic acids is 2. The van der Waals surface area contributed by atoms with Crippen LogP contribution in [0, 0.1) is 0 Å². The Morgan fingerprint density at radius 3 is 2.53 bits per heavy atom. The van der Waals surface area contributed by atoms with Crippen molar-refractivity contribution >= 4 is 31.1 Å². The predicted molar refractivity (Wildman–Crippen MR) is 57.3 cm³/mol. The molecule has 0 aromatic rings. The van der Waals surface area contributed by atoms with Crippen molar-refractivity contribution < 1.29 is 15.7 Å². The summed E-state index contributed by atoms with van der Waals surface area (Å²) >= 11 is -3.33. The van der Waals surface area contributed by atoms with Crippen molar-refractivity contribution in [3.63, 3.8) is 0 Å². The summed E-state index contributed by atoms with van der Waals surface area (Å²) in [4.78, 5) is 26.5. The Balaban J connectivity index is 2.79. The van der Waals surface area contributed by atoms with Crippen molar-refractivity contribution in [3.05, 3.63) is 11.6 Å². The van der Waals surface area contributed by atoms with Crippen LogP contribution in [0.25, 0.3) is 0 Å². The Bertz CT molecular complexity index is 307. The zero-order valence-corrected chi connectivity index (χ0v) is 12.2. The molecular formula is C10H16O4Sn. The van der Waals surface area contributed by atoms with Crippen molar-refractivity contribution in [3.8, 4) is 0 Å². The van der Waals surface area contributed by atoms with Gasteiger partial charge in [0.2, 0.25) is 0 Å². The first-order valence-electron chi connectivity index (χ1n) is 5.11. The van der Waals surface area contributed by atoms with Gasteiger partial charge in [-0.1, -0.05) is 0 Å². The van der Waals surface area contributed by atoms with E-state index in [9.17, 15) is 9.59 Å². The van der Waals surface area contributed by atoms with Gasteiger partial charge in [-0.3, -0.25) is 0 Å². The van der Waals surface area contributed by atoms with Gasteiger partial charge in [0.05, 0.1) is 0 Å². The van der Waals surface area contributed by atoms with E-state index in [2.05, 4.69) is 0 Å². The van der Waals surface area contributed by atoms with Gasteiger partial charge in [-0.15, -0.1) is 0 Å². The molecule has 1 heterocycles. The monoisotopic (exact) mass is 320 g/mol. The quantitative estimate of drug-likeness (QED) is 0.746. The molecule has 0 aromatic carbocycles. The summed E-state index contributed by atoms with van der Waals surface area (Å²) in [6.07, 6.45) is 3.73. The van der Waals surface area contributed by atoms with Gasteiger partial charge in [0, 0.05) is 0 Å². The zero-order valence-electron chi connectivity index (χ0n) is 9.33. The molecule has 15 heavy (non-hydrogen) atoms. The van der Waals surface area contributed by atoms with Gasteiger partial charge in [0.15, 0.2) is 0 Å². The third-order valence-corrected chi connectivity index (χ3v) is 5.95. The molecule has 0 N–H and O–H groups in total. The van der Waals surface area contributed by atoms with Crippen LogP contribution in [0.3, 0.4) is 0 Å². The Hall–Kier alpha value is -0.521. The molecule has 1 aliphatic rings. The van der Waals surface area contributed by atoms with Crippen LogP contribution in [-0.2, 0) is 15.7 Å². The third kappa shape index (κ3) is 3.85. The van der Waals surface area contributed by atoms with E-state index >= 15 is 0 Å². The molecular weight excluding hydrogens is 303 g/mol. The summed E-state index contributed by atoms with van der Waals surface area (Å²) in [6.45, 7) is 2.03. The molecule has 0 bridgehead atoms. The van der Waals surface area contributed by atoms with E-state index in [4.69, 9.17) is 6.15 Å². The van der Waals surface area contributed by atoms with E-state index in [0.29, 0.717) is 12.0 Å². The summed E-state index contributed by atoms with van der Waals surface area (Å²) < 4.78 is 10.4. The number of hydrogen-bond donors (Lipinski definition) is 0. The van der Waals surface area contributed by atoms with Crippen molar-refractivity contribution in [2.75, 3.05) is 0 Å². The Kier molecular flexibility index (Phi) is 4.19. The SMILES string of the molecule is CCCCC1=CC(=O)[O][Sn]([CH3])([CH3])[O]C1=O. The number of rotatable bonds is 3. The molecule has 1 rings (SSSR count). The molecule has 84 valence electrons. The standard InChI is InChI=1S/C8H12O4.2CH3.Sn/c1-2-3-4-6(8(11)12)5-7(9)10;;;/h5H,2-4H2,1H3,(H,9,10)(H,11,12);2*1H3;/q;;;+2/p-2. The van der Waals surface area contributed by atoms with E-state index < -0.39 is 25.2 Å². The fraction of sp³-hybridized carbons (Fsp3) is 0.600. The van der Waals surface area contributed by atoms with Crippen LogP contribution in [0.1, 0.15) is 26.2 Å². The summed E-state index contributed by atoms with van der Waals surface area (Å²) in [5, 5.41) is 0. The van der Waals surface area contributed by atoms with Crippen molar-refractivity contribution in [2.45, 2.75) is 36.1 Å². The van der Waals surface area contributed by atoms with Crippen LogP contribution in [0.15, 0.2) is 11.6 Å². The minimum atomic E-state index is -3.33. The van der Waals surface area contributed by atoms with Gasteiger partial charge in [-0.25, -0.2) is 0 Å². The average molecular weight is 319 g/mol. The first kappa shape index (κ1) is 12.5. The van der Waals surface area contributed by atoms with Gasteiger partial charge < -0.3 is 0 Å². The molecule has 4 nitrogen and oxygen atoms in total. The van der Waals surface area contributed by atoms with E-state index in [1.165, 1.54) is 6.08 Å². The van der Waals surface area contributed by atoms with Crippen LogP contribution in [0.5, 0.6) is 0 Å². The van der Waals surface area contributed by atoms with Gasteiger partial charge in [-0.05, 0) is 0 Å². The molecule has 0 saturated carbocycles. The molecule has 0 fully saturated rings. The van der Waals surface area contributed by atoms with Crippen molar-refractivity contribution in [1.29, 1.82) is 0 Å². The zero-order chi connectivity index (χ0) is 11.5. The van der Waals surface area contributed by atoms with Gasteiger partial charge >= 0.3 is 94.6 Å². The molecule has 0 amide bonds. The van der Waals surface area contributed by atoms with Crippen LogP contribution < -0.4 is 0 Å². The normalized spacial score (nSPS) is 20.1. The van der Waals surface area contributed by atoms with E-state index in [0.717, 1.165) is 12.8 Å². The maximum atomic E-state index is 11.6. The first-order valence-corrected chi connectivity index (χ1v) is 13.2. The topological polar surface area (TPSA) is 52.6 Å². The Morgan fingerprint density at radius 2 is 1.93 bits per heavy atom. The number of hydrogen-bond acceptors (Lipinski definition) is 4. The summed E-state index contributed by atoms with van der Waals surface area (Å²) in [5.74, 6) is -0.789. The van der Waals surface area contributed by atoms with Crippen molar-refractivity contribution in [2.24, 2.45) is 0 Å². The van der Waals surface area contributed by atoms with Gasteiger partial charge in [0.1, 0.15) is 0 Å². The summed E-state index contributed by atoms with van der Waals surface area (Å²) in [6, 6.07) is 0. The van der Waals surface area contributed by atoms with Crippen LogP contribution in [0.4, 0.5) is 0 Å². The molecule has 1 aliphatic heterocycles. The van der Waals surface area contributed by atoms with Crippen LogP contribution in [-0.4, -0.2) is 31.1 Å². The summed E-state index contributed by atoms with van der Waals surface area (Å²) in [7, 11) is 0. The van der Waals surface area contributed by atoms with E-state index in [1.54, 1.807) is 9.88 Å². The summed E-state index contributed by atoms with van der Waals surface area (Å²) in [5.41, 5.74) is 0.448. The molecule has 0 saturated heterocycles. The fourth-order valence-corrected chi connectivity index (χ4v) is 4.64. The van der Waals surface area contributed by atoms with Crippen LogP contribution >= 0.6 is 0 Å². The fourth-order valence-electron chi connectivity index (χ4n) is 1.32. The van der Waals surface area contributed by atoms with E-state index in [-0.39, 0.29) is 5.97 Å². The molecule has 5 heteroatoms. The average Bonchev–Trinajstić information content (AvgIpc) is 2.18. The predicted octanol–water partition coefficient (Wildman–Crippen LogP) is 1.90. The number of unbranched alkanes of at least 4 members (excludes halogenated alkanes) is 1. The molecule has 0 aromatic heterocycles. The minimum absolute atomic E-state index is 0.366. The molecule has 0 aliphatic carbocycles. The van der Waals surface area contributed by atoms with Gasteiger partial charge in [-0.2, -0.15) is 0 Å². The second-order valence-corrected chi connectivity index (χ2v) is 13.1. The molecule has 0 unspecified atom stereocenters. The third-order valence-electron chi connectivity index (χ3n) is 2.04. The molecule has 0 atom stereocenters. The van der Waals surface area contributed by atoms with Crippen molar-refractivity contribution in [1.82, 2.24) is 0 Å². The number of carbonyl (C=O) groups is 2. The van der Waals surface area contributed by atoms with Crippen LogP contribution in [0.2, 0.25) is 9.88 Å². The molecule has 0 radical (unpaired) electrons. The molecule has 0 spiro atoms. The van der Waals surface area contributed by atoms with Gasteiger partial charge in [0.25, 0.3) is 0 Å². The second-order valence-electron chi connectivity index (χ2n) is 3.98. The van der Waals surface area contributed by atoms with E-state index in [1.807, 2.05) is 6.92 Å². The first-order chi connectivity index (χ1) is 6.94.